The van der Waals surface area contributed by atoms with Crippen LogP contribution in [0.5, 0.6) is 0 Å². The van der Waals surface area contributed by atoms with Crippen molar-refractivity contribution in [2.75, 3.05) is 13.1 Å². The number of rotatable bonds is 8. The van der Waals surface area contributed by atoms with Gasteiger partial charge in [0.05, 0.1) is 24.6 Å². The highest BCUT2D eigenvalue weighted by atomic mass is 16.3. The lowest BCUT2D eigenvalue weighted by molar-refractivity contribution is -0.134. The van der Waals surface area contributed by atoms with Crippen LogP contribution < -0.4 is 0 Å². The summed E-state index contributed by atoms with van der Waals surface area (Å²) in [5.41, 5.74) is 4.02. The molecule has 0 aliphatic carbocycles. The van der Waals surface area contributed by atoms with E-state index in [0.717, 1.165) is 16.8 Å². The molecule has 3 heterocycles. The van der Waals surface area contributed by atoms with E-state index in [1.54, 1.807) is 18.7 Å². The standard InChI is InChI=1S/C25H25N5O2/c1-19-7-9-21(10-8-19)22-15-23(24-6-3-14-32-24)30(28-22)25(31)18-29(13-4-11-26)17-20-5-2-12-27-16-20/h2-3,5-10,12,14,16,23H,4,13,15,17-18H2,1H3/t23-/m1/s1. The summed E-state index contributed by atoms with van der Waals surface area (Å²) in [6.45, 7) is 3.22. The van der Waals surface area contributed by atoms with E-state index in [-0.39, 0.29) is 18.5 Å². The molecule has 0 saturated heterocycles. The van der Waals surface area contributed by atoms with E-state index in [0.29, 0.717) is 31.7 Å². The van der Waals surface area contributed by atoms with Gasteiger partial charge < -0.3 is 4.42 Å². The normalized spacial score (nSPS) is 15.6. The molecule has 7 nitrogen and oxygen atoms in total. The van der Waals surface area contributed by atoms with Gasteiger partial charge in [-0.25, -0.2) is 5.01 Å². The van der Waals surface area contributed by atoms with E-state index in [1.807, 2.05) is 60.4 Å². The highest BCUT2D eigenvalue weighted by Gasteiger charge is 2.35. The third kappa shape index (κ3) is 5.10. The van der Waals surface area contributed by atoms with Crippen molar-refractivity contribution in [2.45, 2.75) is 32.4 Å². The van der Waals surface area contributed by atoms with Crippen molar-refractivity contribution < 1.29 is 9.21 Å². The zero-order valence-electron chi connectivity index (χ0n) is 18.0. The first kappa shape index (κ1) is 21.5. The van der Waals surface area contributed by atoms with Gasteiger partial charge in [0.25, 0.3) is 5.91 Å². The topological polar surface area (TPSA) is 85.7 Å². The van der Waals surface area contributed by atoms with Gasteiger partial charge in [-0.3, -0.25) is 14.7 Å². The predicted octanol–water partition coefficient (Wildman–Crippen LogP) is 4.08. The number of nitriles is 1. The Bertz CT molecular complexity index is 1100. The number of furan rings is 1. The van der Waals surface area contributed by atoms with Crippen LogP contribution in [0, 0.1) is 18.3 Å². The van der Waals surface area contributed by atoms with E-state index in [4.69, 9.17) is 14.8 Å². The third-order valence-corrected chi connectivity index (χ3v) is 5.45. The molecule has 7 heteroatoms. The van der Waals surface area contributed by atoms with Gasteiger partial charge in [0.15, 0.2) is 0 Å². The molecule has 32 heavy (non-hydrogen) atoms. The number of hydrazone groups is 1. The van der Waals surface area contributed by atoms with Gasteiger partial charge in [-0.15, -0.1) is 0 Å². The molecule has 0 N–H and O–H groups in total. The number of benzene rings is 1. The lowest BCUT2D eigenvalue weighted by Crippen LogP contribution is -2.38. The molecular weight excluding hydrogens is 402 g/mol. The molecule has 162 valence electrons. The van der Waals surface area contributed by atoms with Crippen molar-refractivity contribution in [1.29, 1.82) is 5.26 Å². The largest absolute Gasteiger partial charge is 0.467 e. The molecular formula is C25H25N5O2. The van der Waals surface area contributed by atoms with Gasteiger partial charge in [0.2, 0.25) is 0 Å². The van der Waals surface area contributed by atoms with E-state index < -0.39 is 0 Å². The van der Waals surface area contributed by atoms with Crippen molar-refractivity contribution >= 4 is 11.6 Å². The zero-order valence-corrected chi connectivity index (χ0v) is 18.0. The number of hydrogen-bond donors (Lipinski definition) is 0. The van der Waals surface area contributed by atoms with Crippen molar-refractivity contribution in [2.24, 2.45) is 5.10 Å². The number of aromatic nitrogens is 1. The molecule has 0 saturated carbocycles. The van der Waals surface area contributed by atoms with Crippen LogP contribution in [0.2, 0.25) is 0 Å². The van der Waals surface area contributed by atoms with Crippen LogP contribution >= 0.6 is 0 Å². The molecule has 0 fully saturated rings. The van der Waals surface area contributed by atoms with Crippen molar-refractivity contribution in [1.82, 2.24) is 14.9 Å². The number of carbonyl (C=O) groups excluding carboxylic acids is 1. The fraction of sp³-hybridized carbons (Fsp3) is 0.280. The molecule has 2 aromatic heterocycles. The summed E-state index contributed by atoms with van der Waals surface area (Å²) < 4.78 is 5.63. The van der Waals surface area contributed by atoms with Gasteiger partial charge in [-0.1, -0.05) is 35.9 Å². The Kier molecular flexibility index (Phi) is 6.73. The quantitative estimate of drug-likeness (QED) is 0.541. The highest BCUT2D eigenvalue weighted by Crippen LogP contribution is 2.33. The molecule has 1 amide bonds. The summed E-state index contributed by atoms with van der Waals surface area (Å²) in [6, 6.07) is 17.6. The lowest BCUT2D eigenvalue weighted by atomic mass is 10.0. The number of aryl methyl sites for hydroxylation is 1. The summed E-state index contributed by atoms with van der Waals surface area (Å²) in [4.78, 5) is 19.5. The summed E-state index contributed by atoms with van der Waals surface area (Å²) >= 11 is 0. The molecule has 1 aromatic carbocycles. The monoisotopic (exact) mass is 427 g/mol. The average Bonchev–Trinajstić information content (AvgIpc) is 3.49. The summed E-state index contributed by atoms with van der Waals surface area (Å²) in [5.74, 6) is 0.579. The third-order valence-electron chi connectivity index (χ3n) is 5.45. The maximum absolute atomic E-state index is 13.4. The van der Waals surface area contributed by atoms with Crippen LogP contribution in [0.3, 0.4) is 0 Å². The molecule has 1 aliphatic heterocycles. The Hall–Kier alpha value is -3.76. The minimum Gasteiger partial charge on any atom is -0.467 e. The zero-order chi connectivity index (χ0) is 22.3. The Morgan fingerprint density at radius 2 is 2.09 bits per heavy atom. The van der Waals surface area contributed by atoms with Gasteiger partial charge in [-0.05, 0) is 36.2 Å². The van der Waals surface area contributed by atoms with E-state index >= 15 is 0 Å². The first-order valence-electron chi connectivity index (χ1n) is 10.6. The van der Waals surface area contributed by atoms with Crippen molar-refractivity contribution in [3.63, 3.8) is 0 Å². The first-order valence-corrected chi connectivity index (χ1v) is 10.6. The Morgan fingerprint density at radius 1 is 1.25 bits per heavy atom. The highest BCUT2D eigenvalue weighted by molar-refractivity contribution is 6.03. The van der Waals surface area contributed by atoms with Gasteiger partial charge in [0.1, 0.15) is 11.8 Å². The minimum atomic E-state index is -0.287. The van der Waals surface area contributed by atoms with Crippen LogP contribution in [0.15, 0.2) is 76.7 Å². The molecule has 0 spiro atoms. The van der Waals surface area contributed by atoms with Crippen LogP contribution in [0.1, 0.15) is 41.3 Å². The summed E-state index contributed by atoms with van der Waals surface area (Å²) in [7, 11) is 0. The number of hydrogen-bond acceptors (Lipinski definition) is 6. The fourth-order valence-electron chi connectivity index (χ4n) is 3.80. The van der Waals surface area contributed by atoms with Crippen LogP contribution in [-0.4, -0.2) is 39.6 Å². The maximum atomic E-state index is 13.4. The van der Waals surface area contributed by atoms with Crippen molar-refractivity contribution in [3.8, 4) is 6.07 Å². The lowest BCUT2D eigenvalue weighted by Gasteiger charge is -2.25. The number of pyridine rings is 1. The fourth-order valence-corrected chi connectivity index (χ4v) is 3.80. The molecule has 0 unspecified atom stereocenters. The van der Waals surface area contributed by atoms with Crippen LogP contribution in [-0.2, 0) is 11.3 Å². The minimum absolute atomic E-state index is 0.129. The Balaban J connectivity index is 1.56. The van der Waals surface area contributed by atoms with Gasteiger partial charge in [-0.2, -0.15) is 10.4 Å². The number of carbonyl (C=O) groups is 1. The second-order valence-corrected chi connectivity index (χ2v) is 7.87. The first-order chi connectivity index (χ1) is 15.6. The van der Waals surface area contributed by atoms with E-state index in [9.17, 15) is 4.79 Å². The molecule has 1 aliphatic rings. The summed E-state index contributed by atoms with van der Waals surface area (Å²) in [6.07, 6.45) is 6.03. The van der Waals surface area contributed by atoms with Crippen LogP contribution in [0.4, 0.5) is 0 Å². The molecule has 0 bridgehead atoms. The van der Waals surface area contributed by atoms with E-state index in [1.165, 1.54) is 10.6 Å². The smallest absolute Gasteiger partial charge is 0.257 e. The second-order valence-electron chi connectivity index (χ2n) is 7.87. The molecule has 4 rings (SSSR count). The van der Waals surface area contributed by atoms with Crippen molar-refractivity contribution in [3.05, 3.63) is 89.6 Å². The molecule has 0 radical (unpaired) electrons. The summed E-state index contributed by atoms with van der Waals surface area (Å²) in [5, 5.41) is 15.3. The Morgan fingerprint density at radius 3 is 2.78 bits per heavy atom. The van der Waals surface area contributed by atoms with Crippen LogP contribution in [0.25, 0.3) is 0 Å². The number of nitrogens with zero attached hydrogens (tertiary/aromatic N) is 5. The second kappa shape index (κ2) is 10.0. The van der Waals surface area contributed by atoms with Gasteiger partial charge in [0, 0.05) is 38.3 Å². The van der Waals surface area contributed by atoms with E-state index in [2.05, 4.69) is 11.1 Å². The number of amides is 1. The Labute approximate surface area is 187 Å². The SMILES string of the molecule is Cc1ccc(C2=NN(C(=O)CN(CCC#N)Cc3cccnc3)[C@@H](c3ccco3)C2)cc1. The maximum Gasteiger partial charge on any atom is 0.257 e. The predicted molar refractivity (Wildman–Crippen MR) is 120 cm³/mol. The molecule has 1 atom stereocenters. The van der Waals surface area contributed by atoms with Gasteiger partial charge >= 0.3 is 0 Å². The average molecular weight is 428 g/mol. The molecule has 3 aromatic rings.